The molecule has 1 atom stereocenters. The Balaban J connectivity index is 1.58. The van der Waals surface area contributed by atoms with Crippen LogP contribution in [0.4, 0.5) is 0 Å². The van der Waals surface area contributed by atoms with Crippen molar-refractivity contribution in [1.82, 2.24) is 9.62 Å². The Morgan fingerprint density at radius 2 is 1.81 bits per heavy atom. The summed E-state index contributed by atoms with van der Waals surface area (Å²) in [6.45, 7) is 2.87. The molecule has 1 heterocycles. The molecule has 0 saturated carbocycles. The van der Waals surface area contributed by atoms with E-state index in [2.05, 4.69) is 29.0 Å². The Labute approximate surface area is 155 Å². The third-order valence-corrected chi connectivity index (χ3v) is 6.20. The minimum atomic E-state index is -3.57. The number of sulfonamides is 1. The Morgan fingerprint density at radius 3 is 2.50 bits per heavy atom. The lowest BCUT2D eigenvalue weighted by molar-refractivity contribution is -0.131. The van der Waals surface area contributed by atoms with Crippen LogP contribution in [0.25, 0.3) is 0 Å². The van der Waals surface area contributed by atoms with Crippen LogP contribution < -0.4 is 4.72 Å². The predicted octanol–water partition coefficient (Wildman–Crippen LogP) is 3.03. The van der Waals surface area contributed by atoms with Gasteiger partial charge in [-0.25, -0.2) is 13.1 Å². The fourth-order valence-corrected chi connectivity index (χ4v) is 4.37. The van der Waals surface area contributed by atoms with Gasteiger partial charge >= 0.3 is 0 Å². The zero-order chi connectivity index (χ0) is 18.6. The van der Waals surface area contributed by atoms with Crippen LogP contribution in [0.3, 0.4) is 0 Å². The normalized spacial score (nSPS) is 17.4. The van der Waals surface area contributed by atoms with Gasteiger partial charge in [-0.3, -0.25) is 4.79 Å². The van der Waals surface area contributed by atoms with Crippen molar-refractivity contribution < 1.29 is 13.2 Å². The molecule has 0 aromatic heterocycles. The number of amides is 1. The molecule has 5 nitrogen and oxygen atoms in total. The van der Waals surface area contributed by atoms with E-state index in [9.17, 15) is 13.2 Å². The molecule has 0 aliphatic carbocycles. The second kappa shape index (κ2) is 8.01. The molecule has 0 spiro atoms. The fraction of sp³-hybridized carbons (Fsp3) is 0.350. The van der Waals surface area contributed by atoms with Crippen LogP contribution in [0.1, 0.15) is 36.4 Å². The van der Waals surface area contributed by atoms with E-state index in [0.29, 0.717) is 0 Å². The van der Waals surface area contributed by atoms with Crippen molar-refractivity contribution >= 4 is 15.9 Å². The summed E-state index contributed by atoms with van der Waals surface area (Å²) in [6.07, 6.45) is 2.08. The molecular formula is C20H24N2O3S. The van der Waals surface area contributed by atoms with Gasteiger partial charge in [0.15, 0.2) is 0 Å². The van der Waals surface area contributed by atoms with E-state index >= 15 is 0 Å². The standard InChI is InChI=1S/C20H24N2O3S/c1-16-9-11-17(12-10-16)19-8-5-15-22(19)20(23)13-14-21-26(24,25)18-6-3-2-4-7-18/h2-4,6-7,9-12,19,21H,5,8,13-15H2,1H3. The topological polar surface area (TPSA) is 66.5 Å². The van der Waals surface area contributed by atoms with Gasteiger partial charge in [-0.2, -0.15) is 0 Å². The van der Waals surface area contributed by atoms with Gasteiger partial charge in [-0.05, 0) is 37.5 Å². The van der Waals surface area contributed by atoms with Crippen molar-refractivity contribution in [2.45, 2.75) is 37.1 Å². The molecule has 26 heavy (non-hydrogen) atoms. The van der Waals surface area contributed by atoms with E-state index in [4.69, 9.17) is 0 Å². The second-order valence-electron chi connectivity index (χ2n) is 6.62. The Morgan fingerprint density at radius 1 is 1.12 bits per heavy atom. The van der Waals surface area contributed by atoms with Crippen molar-refractivity contribution in [2.75, 3.05) is 13.1 Å². The quantitative estimate of drug-likeness (QED) is 0.848. The number of nitrogens with one attached hydrogen (secondary N) is 1. The molecule has 2 aromatic rings. The van der Waals surface area contributed by atoms with Crippen molar-refractivity contribution in [2.24, 2.45) is 0 Å². The first-order chi connectivity index (χ1) is 12.5. The van der Waals surface area contributed by atoms with Crippen molar-refractivity contribution in [1.29, 1.82) is 0 Å². The van der Waals surface area contributed by atoms with E-state index < -0.39 is 10.0 Å². The van der Waals surface area contributed by atoms with Gasteiger partial charge in [0.1, 0.15) is 0 Å². The second-order valence-corrected chi connectivity index (χ2v) is 8.38. The maximum Gasteiger partial charge on any atom is 0.240 e. The smallest absolute Gasteiger partial charge is 0.240 e. The van der Waals surface area contributed by atoms with E-state index in [1.165, 1.54) is 17.7 Å². The minimum Gasteiger partial charge on any atom is -0.336 e. The monoisotopic (exact) mass is 372 g/mol. The number of nitrogens with zero attached hydrogens (tertiary/aromatic N) is 1. The van der Waals surface area contributed by atoms with Gasteiger partial charge in [0, 0.05) is 19.5 Å². The molecule has 2 aromatic carbocycles. The van der Waals surface area contributed by atoms with Gasteiger partial charge in [0.25, 0.3) is 0 Å². The van der Waals surface area contributed by atoms with Crippen LogP contribution in [0, 0.1) is 6.92 Å². The molecule has 3 rings (SSSR count). The highest BCUT2D eigenvalue weighted by atomic mass is 32.2. The van der Waals surface area contributed by atoms with E-state index in [1.54, 1.807) is 18.2 Å². The first-order valence-electron chi connectivity index (χ1n) is 8.88. The maximum absolute atomic E-state index is 12.6. The molecule has 138 valence electrons. The molecule has 6 heteroatoms. The molecule has 1 fully saturated rings. The average Bonchev–Trinajstić information content (AvgIpc) is 3.13. The number of carbonyl (C=O) groups excluding carboxylic acids is 1. The summed E-state index contributed by atoms with van der Waals surface area (Å²) >= 11 is 0. The summed E-state index contributed by atoms with van der Waals surface area (Å²) in [7, 11) is -3.57. The lowest BCUT2D eigenvalue weighted by Gasteiger charge is -2.25. The number of hydrogen-bond acceptors (Lipinski definition) is 3. The van der Waals surface area contributed by atoms with Gasteiger partial charge in [-0.15, -0.1) is 0 Å². The van der Waals surface area contributed by atoms with Crippen molar-refractivity contribution in [3.05, 3.63) is 65.7 Å². The third kappa shape index (κ3) is 4.31. The summed E-state index contributed by atoms with van der Waals surface area (Å²) in [5.41, 5.74) is 2.34. The van der Waals surface area contributed by atoms with E-state index in [1.807, 2.05) is 11.8 Å². The Bertz CT molecular complexity index is 848. The molecule has 1 unspecified atom stereocenters. The van der Waals surface area contributed by atoms with Gasteiger partial charge in [0.2, 0.25) is 15.9 Å². The lowest BCUT2D eigenvalue weighted by atomic mass is 10.0. The third-order valence-electron chi connectivity index (χ3n) is 4.72. The highest BCUT2D eigenvalue weighted by molar-refractivity contribution is 7.89. The molecule has 1 aliphatic heterocycles. The number of hydrogen-bond donors (Lipinski definition) is 1. The molecule has 1 amide bonds. The maximum atomic E-state index is 12.6. The zero-order valence-electron chi connectivity index (χ0n) is 14.9. The summed E-state index contributed by atoms with van der Waals surface area (Å²) < 4.78 is 26.9. The number of carbonyl (C=O) groups is 1. The molecule has 1 aliphatic rings. The molecule has 1 saturated heterocycles. The van der Waals surface area contributed by atoms with Crippen LogP contribution >= 0.6 is 0 Å². The molecule has 0 bridgehead atoms. The SMILES string of the molecule is Cc1ccc(C2CCCN2C(=O)CCNS(=O)(=O)c2ccccc2)cc1. The highest BCUT2D eigenvalue weighted by Gasteiger charge is 2.29. The number of rotatable bonds is 6. The summed E-state index contributed by atoms with van der Waals surface area (Å²) in [5.74, 6) is -0.0103. The Hall–Kier alpha value is -2.18. The molecular weight excluding hydrogens is 348 g/mol. The number of benzene rings is 2. The fourth-order valence-electron chi connectivity index (χ4n) is 3.32. The Kier molecular flexibility index (Phi) is 5.74. The van der Waals surface area contributed by atoms with Crippen LogP contribution in [0.15, 0.2) is 59.5 Å². The minimum absolute atomic E-state index is 0.0103. The first-order valence-corrected chi connectivity index (χ1v) is 10.4. The summed E-state index contributed by atoms with van der Waals surface area (Å²) in [6, 6.07) is 16.6. The summed E-state index contributed by atoms with van der Waals surface area (Å²) in [5, 5.41) is 0. The van der Waals surface area contributed by atoms with Crippen LogP contribution in [0.5, 0.6) is 0 Å². The van der Waals surface area contributed by atoms with E-state index in [0.717, 1.165) is 24.9 Å². The van der Waals surface area contributed by atoms with Crippen LogP contribution in [-0.2, 0) is 14.8 Å². The van der Waals surface area contributed by atoms with Crippen molar-refractivity contribution in [3.8, 4) is 0 Å². The van der Waals surface area contributed by atoms with E-state index in [-0.39, 0.29) is 29.8 Å². The molecule has 0 radical (unpaired) electrons. The van der Waals surface area contributed by atoms with Crippen LogP contribution in [0.2, 0.25) is 0 Å². The lowest BCUT2D eigenvalue weighted by Crippen LogP contribution is -2.34. The number of aryl methyl sites for hydroxylation is 1. The number of likely N-dealkylation sites (tertiary alicyclic amines) is 1. The predicted molar refractivity (Wildman–Crippen MR) is 101 cm³/mol. The largest absolute Gasteiger partial charge is 0.336 e. The van der Waals surface area contributed by atoms with Crippen molar-refractivity contribution in [3.63, 3.8) is 0 Å². The zero-order valence-corrected chi connectivity index (χ0v) is 15.7. The summed E-state index contributed by atoms with van der Waals surface area (Å²) in [4.78, 5) is 14.7. The average molecular weight is 372 g/mol. The highest BCUT2D eigenvalue weighted by Crippen LogP contribution is 2.32. The van der Waals surface area contributed by atoms with Gasteiger partial charge in [0.05, 0.1) is 10.9 Å². The van der Waals surface area contributed by atoms with Crippen LogP contribution in [-0.4, -0.2) is 32.3 Å². The van der Waals surface area contributed by atoms with Gasteiger partial charge < -0.3 is 4.90 Å². The molecule has 1 N–H and O–H groups in total. The first kappa shape index (κ1) is 18.6. The van der Waals surface area contributed by atoms with Gasteiger partial charge in [-0.1, -0.05) is 48.0 Å².